The Kier molecular flexibility index (Phi) is 4.85. The van der Waals surface area contributed by atoms with Gasteiger partial charge in [-0.25, -0.2) is 0 Å². The third-order valence-electron chi connectivity index (χ3n) is 2.58. The predicted octanol–water partition coefficient (Wildman–Crippen LogP) is 3.72. The van der Waals surface area contributed by atoms with Gasteiger partial charge in [-0.15, -0.1) is 11.3 Å². The molecule has 0 fully saturated rings. The van der Waals surface area contributed by atoms with Crippen LogP contribution in [-0.2, 0) is 6.42 Å². The van der Waals surface area contributed by atoms with Gasteiger partial charge in [-0.1, -0.05) is 17.7 Å². The summed E-state index contributed by atoms with van der Waals surface area (Å²) in [5.74, 6) is -0.198. The Morgan fingerprint density at radius 3 is 2.84 bits per heavy atom. The number of thiophene rings is 1. The summed E-state index contributed by atoms with van der Waals surface area (Å²) in [7, 11) is 0. The average molecular weight is 360 g/mol. The number of carbonyl (C=O) groups excluding carboxylic acids is 1. The number of hydrogen-bond donors (Lipinski definition) is 2. The molecule has 3 N–H and O–H groups in total. The highest BCUT2D eigenvalue weighted by Crippen LogP contribution is 2.23. The van der Waals surface area contributed by atoms with E-state index in [2.05, 4.69) is 21.2 Å². The monoisotopic (exact) mass is 358 g/mol. The van der Waals surface area contributed by atoms with Gasteiger partial charge in [0.2, 0.25) is 0 Å². The van der Waals surface area contributed by atoms with E-state index in [0.29, 0.717) is 22.8 Å². The third-order valence-corrected chi connectivity index (χ3v) is 4.60. The van der Waals surface area contributed by atoms with E-state index in [1.807, 2.05) is 12.1 Å². The van der Waals surface area contributed by atoms with Crippen LogP contribution < -0.4 is 11.1 Å². The number of nitrogens with one attached hydrogen (secondary N) is 1. The minimum absolute atomic E-state index is 0.198. The fourth-order valence-corrected chi connectivity index (χ4v) is 3.27. The maximum atomic E-state index is 12.0. The molecule has 0 unspecified atom stereocenters. The molecule has 0 spiro atoms. The van der Waals surface area contributed by atoms with Crippen molar-refractivity contribution in [1.29, 1.82) is 0 Å². The molecule has 1 aromatic carbocycles. The molecule has 0 radical (unpaired) electrons. The molecule has 0 saturated carbocycles. The first kappa shape index (κ1) is 14.4. The molecule has 100 valence electrons. The summed E-state index contributed by atoms with van der Waals surface area (Å²) >= 11 is 10.9. The number of anilines is 1. The first-order valence-electron chi connectivity index (χ1n) is 5.64. The maximum absolute atomic E-state index is 12.0. The SMILES string of the molecule is Nc1c(Cl)cccc1C(=O)NCCc1ccc(Br)s1. The fourth-order valence-electron chi connectivity index (χ4n) is 1.62. The minimum atomic E-state index is -0.198. The number of nitrogens with two attached hydrogens (primary N) is 1. The molecule has 1 amide bonds. The zero-order valence-corrected chi connectivity index (χ0v) is 13.1. The van der Waals surface area contributed by atoms with Gasteiger partial charge in [-0.05, 0) is 46.6 Å². The van der Waals surface area contributed by atoms with E-state index in [1.165, 1.54) is 4.88 Å². The van der Waals surface area contributed by atoms with E-state index in [-0.39, 0.29) is 5.91 Å². The van der Waals surface area contributed by atoms with Gasteiger partial charge in [0.15, 0.2) is 0 Å². The zero-order chi connectivity index (χ0) is 13.8. The lowest BCUT2D eigenvalue weighted by molar-refractivity contribution is 0.0955. The number of para-hydroxylation sites is 1. The third kappa shape index (κ3) is 3.72. The average Bonchev–Trinajstić information content (AvgIpc) is 2.78. The second-order valence-electron chi connectivity index (χ2n) is 3.91. The first-order valence-corrected chi connectivity index (χ1v) is 7.63. The van der Waals surface area contributed by atoms with Crippen molar-refractivity contribution >= 4 is 50.5 Å². The quantitative estimate of drug-likeness (QED) is 0.818. The fraction of sp³-hybridized carbons (Fsp3) is 0.154. The molecule has 2 aromatic rings. The van der Waals surface area contributed by atoms with Crippen LogP contribution in [0.3, 0.4) is 0 Å². The summed E-state index contributed by atoms with van der Waals surface area (Å²) in [6.07, 6.45) is 0.794. The number of hydrogen-bond acceptors (Lipinski definition) is 3. The highest BCUT2D eigenvalue weighted by Gasteiger charge is 2.11. The van der Waals surface area contributed by atoms with Crippen molar-refractivity contribution in [3.63, 3.8) is 0 Å². The van der Waals surface area contributed by atoms with Crippen LogP contribution in [0.25, 0.3) is 0 Å². The maximum Gasteiger partial charge on any atom is 0.253 e. The van der Waals surface area contributed by atoms with E-state index in [4.69, 9.17) is 17.3 Å². The standard InChI is InChI=1S/C13H12BrClN2OS/c14-11-5-4-8(19-11)6-7-17-13(18)9-2-1-3-10(15)12(9)16/h1-5H,6-7,16H2,(H,17,18). The van der Waals surface area contributed by atoms with Gasteiger partial charge >= 0.3 is 0 Å². The summed E-state index contributed by atoms with van der Waals surface area (Å²) in [4.78, 5) is 13.2. The van der Waals surface area contributed by atoms with Crippen LogP contribution in [-0.4, -0.2) is 12.5 Å². The van der Waals surface area contributed by atoms with Gasteiger partial charge in [0, 0.05) is 11.4 Å². The second-order valence-corrected chi connectivity index (χ2v) is 6.87. The van der Waals surface area contributed by atoms with Crippen molar-refractivity contribution in [3.8, 4) is 0 Å². The van der Waals surface area contributed by atoms with Crippen LogP contribution >= 0.6 is 38.9 Å². The largest absolute Gasteiger partial charge is 0.397 e. The molecule has 2 rings (SSSR count). The molecule has 0 bridgehead atoms. The summed E-state index contributed by atoms with van der Waals surface area (Å²) < 4.78 is 1.09. The summed E-state index contributed by atoms with van der Waals surface area (Å²) in [6.45, 7) is 0.567. The number of amides is 1. The molecule has 6 heteroatoms. The zero-order valence-electron chi connectivity index (χ0n) is 9.95. The molecule has 19 heavy (non-hydrogen) atoms. The lowest BCUT2D eigenvalue weighted by Crippen LogP contribution is -2.26. The Balaban J connectivity index is 1.93. The summed E-state index contributed by atoms with van der Waals surface area (Å²) in [5, 5.41) is 3.24. The lowest BCUT2D eigenvalue weighted by Gasteiger charge is -2.07. The van der Waals surface area contributed by atoms with Gasteiger partial charge in [0.1, 0.15) is 0 Å². The van der Waals surface area contributed by atoms with E-state index < -0.39 is 0 Å². The van der Waals surface area contributed by atoms with Gasteiger partial charge in [-0.3, -0.25) is 4.79 Å². The molecule has 0 aliphatic rings. The van der Waals surface area contributed by atoms with Crippen LogP contribution in [0, 0.1) is 0 Å². The smallest absolute Gasteiger partial charge is 0.253 e. The lowest BCUT2D eigenvalue weighted by atomic mass is 10.1. The number of nitrogen functional groups attached to an aromatic ring is 1. The highest BCUT2D eigenvalue weighted by molar-refractivity contribution is 9.11. The Labute approximate surface area is 128 Å². The number of carbonyl (C=O) groups is 1. The Morgan fingerprint density at radius 2 is 2.16 bits per heavy atom. The van der Waals surface area contributed by atoms with E-state index in [9.17, 15) is 4.79 Å². The van der Waals surface area contributed by atoms with Gasteiger partial charge in [0.05, 0.1) is 20.1 Å². The second kappa shape index (κ2) is 6.41. The molecule has 0 atom stereocenters. The molecule has 1 aromatic heterocycles. The van der Waals surface area contributed by atoms with Crippen molar-refractivity contribution < 1.29 is 4.79 Å². The van der Waals surface area contributed by atoms with Crippen molar-refractivity contribution in [1.82, 2.24) is 5.32 Å². The van der Waals surface area contributed by atoms with Gasteiger partial charge < -0.3 is 11.1 Å². The van der Waals surface area contributed by atoms with E-state index in [1.54, 1.807) is 29.5 Å². The Hall–Kier alpha value is -1.04. The molecule has 1 heterocycles. The van der Waals surface area contributed by atoms with Crippen LogP contribution in [0.4, 0.5) is 5.69 Å². The van der Waals surface area contributed by atoms with Crippen LogP contribution in [0.2, 0.25) is 5.02 Å². The van der Waals surface area contributed by atoms with Crippen LogP contribution in [0.15, 0.2) is 34.1 Å². The van der Waals surface area contributed by atoms with Gasteiger partial charge in [-0.2, -0.15) is 0 Å². The van der Waals surface area contributed by atoms with Crippen molar-refractivity contribution in [2.24, 2.45) is 0 Å². The van der Waals surface area contributed by atoms with E-state index in [0.717, 1.165) is 10.2 Å². The first-order chi connectivity index (χ1) is 9.08. The van der Waals surface area contributed by atoms with Crippen molar-refractivity contribution in [2.75, 3.05) is 12.3 Å². The normalized spacial score (nSPS) is 10.4. The summed E-state index contributed by atoms with van der Waals surface area (Å²) in [6, 6.07) is 9.07. The molecule has 0 aliphatic carbocycles. The molecule has 0 saturated heterocycles. The Bertz CT molecular complexity index is 600. The molecule has 0 aliphatic heterocycles. The number of halogens is 2. The van der Waals surface area contributed by atoms with Crippen LogP contribution in [0.1, 0.15) is 15.2 Å². The molecular formula is C13H12BrClN2OS. The van der Waals surface area contributed by atoms with Crippen molar-refractivity contribution in [2.45, 2.75) is 6.42 Å². The van der Waals surface area contributed by atoms with Crippen molar-refractivity contribution in [3.05, 3.63) is 49.6 Å². The predicted molar refractivity (Wildman–Crippen MR) is 83.9 cm³/mol. The molecule has 3 nitrogen and oxygen atoms in total. The number of benzene rings is 1. The van der Waals surface area contributed by atoms with E-state index >= 15 is 0 Å². The topological polar surface area (TPSA) is 55.1 Å². The summed E-state index contributed by atoms with van der Waals surface area (Å²) in [5.41, 5.74) is 6.51. The highest BCUT2D eigenvalue weighted by atomic mass is 79.9. The Morgan fingerprint density at radius 1 is 1.37 bits per heavy atom. The minimum Gasteiger partial charge on any atom is -0.397 e. The molecular weight excluding hydrogens is 348 g/mol. The number of rotatable bonds is 4. The van der Waals surface area contributed by atoms with Crippen LogP contribution in [0.5, 0.6) is 0 Å². The van der Waals surface area contributed by atoms with Gasteiger partial charge in [0.25, 0.3) is 5.91 Å².